The van der Waals surface area contributed by atoms with Crippen molar-refractivity contribution < 1.29 is 23.5 Å². The molecule has 1 aliphatic rings. The van der Waals surface area contributed by atoms with Crippen LogP contribution in [0.1, 0.15) is 21.5 Å². The van der Waals surface area contributed by atoms with E-state index in [9.17, 15) is 14.0 Å². The van der Waals surface area contributed by atoms with Crippen LogP contribution in [0.25, 0.3) is 21.9 Å². The Bertz CT molecular complexity index is 1410. The number of thioether (sulfide) groups is 1. The Kier molecular flexibility index (Phi) is 5.60. The molecule has 0 aliphatic heterocycles. The Morgan fingerprint density at radius 2 is 1.70 bits per heavy atom. The van der Waals surface area contributed by atoms with E-state index in [1.165, 1.54) is 31.0 Å². The van der Waals surface area contributed by atoms with Crippen LogP contribution >= 0.6 is 11.8 Å². The molecular formula is C27H19FO4S. The second-order valence-electron chi connectivity index (χ2n) is 7.63. The molecule has 1 aliphatic carbocycles. The molecule has 4 aromatic rings. The highest BCUT2D eigenvalue weighted by atomic mass is 32.2. The molecule has 0 amide bonds. The normalized spacial score (nSPS) is 11.9. The maximum Gasteiger partial charge on any atom is 0.316 e. The van der Waals surface area contributed by atoms with Crippen molar-refractivity contribution in [2.75, 3.05) is 12.9 Å². The van der Waals surface area contributed by atoms with Crippen LogP contribution < -0.4 is 4.74 Å². The molecule has 0 saturated heterocycles. The lowest BCUT2D eigenvalue weighted by Crippen LogP contribution is -2.10. The number of hydrogen-bond donors (Lipinski definition) is 0. The first-order chi connectivity index (χ1) is 16.1. The highest BCUT2D eigenvalue weighted by molar-refractivity contribution is 8.00. The Morgan fingerprint density at radius 1 is 0.909 bits per heavy atom. The Balaban J connectivity index is 1.35. The van der Waals surface area contributed by atoms with Crippen molar-refractivity contribution in [3.05, 3.63) is 95.3 Å². The molecule has 164 valence electrons. The van der Waals surface area contributed by atoms with Crippen molar-refractivity contribution in [2.45, 2.75) is 11.5 Å². The Hall–Kier alpha value is -3.64. The summed E-state index contributed by atoms with van der Waals surface area (Å²) in [6, 6.07) is 21.7. The minimum Gasteiger partial charge on any atom is -0.494 e. The molecule has 4 aromatic carbocycles. The van der Waals surface area contributed by atoms with Gasteiger partial charge in [0.05, 0.1) is 12.9 Å². The largest absolute Gasteiger partial charge is 0.494 e. The summed E-state index contributed by atoms with van der Waals surface area (Å²) in [5.74, 6) is -0.651. The zero-order chi connectivity index (χ0) is 22.9. The van der Waals surface area contributed by atoms with E-state index in [2.05, 4.69) is 0 Å². The average molecular weight is 459 g/mol. The minimum absolute atomic E-state index is 0.0111. The average Bonchev–Trinajstić information content (AvgIpc) is 2.85. The molecule has 4 nitrogen and oxygen atoms in total. The van der Waals surface area contributed by atoms with E-state index in [-0.39, 0.29) is 23.9 Å². The lowest BCUT2D eigenvalue weighted by atomic mass is 9.83. The third kappa shape index (κ3) is 3.87. The van der Waals surface area contributed by atoms with Crippen molar-refractivity contribution in [1.82, 2.24) is 0 Å². The third-order valence-electron chi connectivity index (χ3n) is 5.67. The van der Waals surface area contributed by atoms with Crippen LogP contribution in [0.15, 0.2) is 77.7 Å². The van der Waals surface area contributed by atoms with E-state index in [4.69, 9.17) is 9.47 Å². The molecule has 0 fully saturated rings. The van der Waals surface area contributed by atoms with Gasteiger partial charge in [-0.2, -0.15) is 0 Å². The molecule has 0 N–H and O–H groups in total. The van der Waals surface area contributed by atoms with Gasteiger partial charge in [0, 0.05) is 21.4 Å². The molecule has 0 spiro atoms. The van der Waals surface area contributed by atoms with Crippen molar-refractivity contribution >= 4 is 34.3 Å². The van der Waals surface area contributed by atoms with Crippen molar-refractivity contribution in [2.24, 2.45) is 0 Å². The summed E-state index contributed by atoms with van der Waals surface area (Å²) in [7, 11) is 1.39. The van der Waals surface area contributed by atoms with Gasteiger partial charge in [-0.1, -0.05) is 54.6 Å². The number of rotatable bonds is 6. The van der Waals surface area contributed by atoms with E-state index < -0.39 is 11.8 Å². The number of ketones is 1. The topological polar surface area (TPSA) is 52.6 Å². The van der Waals surface area contributed by atoms with Crippen LogP contribution in [0, 0.1) is 5.82 Å². The fourth-order valence-corrected chi connectivity index (χ4v) is 4.97. The van der Waals surface area contributed by atoms with E-state index in [1.54, 1.807) is 6.07 Å². The predicted molar refractivity (Wildman–Crippen MR) is 126 cm³/mol. The van der Waals surface area contributed by atoms with Crippen LogP contribution in [-0.4, -0.2) is 24.6 Å². The number of methoxy groups -OCH3 is 1. The number of hydrogen-bond acceptors (Lipinski definition) is 5. The molecule has 0 radical (unpaired) electrons. The summed E-state index contributed by atoms with van der Waals surface area (Å²) in [5.41, 5.74) is 3.87. The van der Waals surface area contributed by atoms with Crippen LogP contribution in [0.4, 0.5) is 4.39 Å². The van der Waals surface area contributed by atoms with Crippen LogP contribution in [-0.2, 0) is 16.1 Å². The van der Waals surface area contributed by atoms with E-state index in [1.807, 2.05) is 54.6 Å². The van der Waals surface area contributed by atoms with Gasteiger partial charge in [0.1, 0.15) is 6.61 Å². The molecular weight excluding hydrogens is 439 g/mol. The smallest absolute Gasteiger partial charge is 0.316 e. The molecule has 0 aromatic heterocycles. The lowest BCUT2D eigenvalue weighted by Gasteiger charge is -2.21. The van der Waals surface area contributed by atoms with Gasteiger partial charge in [0.2, 0.25) is 0 Å². The molecule has 0 saturated carbocycles. The number of benzene rings is 4. The van der Waals surface area contributed by atoms with Gasteiger partial charge in [-0.25, -0.2) is 4.39 Å². The zero-order valence-corrected chi connectivity index (χ0v) is 18.6. The second kappa shape index (κ2) is 8.71. The number of esters is 1. The summed E-state index contributed by atoms with van der Waals surface area (Å²) in [4.78, 5) is 26.3. The van der Waals surface area contributed by atoms with E-state index >= 15 is 0 Å². The Morgan fingerprint density at radius 3 is 2.48 bits per heavy atom. The fraction of sp³-hybridized carbons (Fsp3) is 0.111. The van der Waals surface area contributed by atoms with Crippen molar-refractivity contribution in [1.29, 1.82) is 0 Å². The molecule has 0 unspecified atom stereocenters. The van der Waals surface area contributed by atoms with Gasteiger partial charge in [0.15, 0.2) is 17.3 Å². The number of ether oxygens (including phenoxy) is 2. The third-order valence-corrected chi connectivity index (χ3v) is 6.72. The highest BCUT2D eigenvalue weighted by Crippen LogP contribution is 2.42. The first-order valence-corrected chi connectivity index (χ1v) is 11.4. The first-order valence-electron chi connectivity index (χ1n) is 10.4. The molecule has 0 heterocycles. The summed E-state index contributed by atoms with van der Waals surface area (Å²) in [6.07, 6.45) is 0. The molecule has 5 rings (SSSR count). The maximum atomic E-state index is 13.8. The van der Waals surface area contributed by atoms with E-state index in [0.29, 0.717) is 16.7 Å². The first kappa shape index (κ1) is 21.2. The highest BCUT2D eigenvalue weighted by Gasteiger charge is 2.25. The molecule has 0 bridgehead atoms. The summed E-state index contributed by atoms with van der Waals surface area (Å²) < 4.78 is 24.0. The monoisotopic (exact) mass is 458 g/mol. The molecule has 33 heavy (non-hydrogen) atoms. The van der Waals surface area contributed by atoms with Gasteiger partial charge in [0.25, 0.3) is 0 Å². The van der Waals surface area contributed by atoms with E-state index in [0.717, 1.165) is 26.8 Å². The zero-order valence-electron chi connectivity index (χ0n) is 17.8. The van der Waals surface area contributed by atoms with Gasteiger partial charge in [-0.3, -0.25) is 9.59 Å². The lowest BCUT2D eigenvalue weighted by molar-refractivity contribution is -0.141. The summed E-state index contributed by atoms with van der Waals surface area (Å²) in [6.45, 7) is -0.0184. The number of fused-ring (bicyclic) bond motifs is 2. The van der Waals surface area contributed by atoms with Crippen LogP contribution in [0.3, 0.4) is 0 Å². The van der Waals surface area contributed by atoms with Crippen LogP contribution in [0.2, 0.25) is 0 Å². The van der Waals surface area contributed by atoms with Gasteiger partial charge in [-0.05, 0) is 40.3 Å². The predicted octanol–water partition coefficient (Wildman–Crippen LogP) is 6.03. The maximum absolute atomic E-state index is 13.8. The van der Waals surface area contributed by atoms with Gasteiger partial charge >= 0.3 is 5.97 Å². The second-order valence-corrected chi connectivity index (χ2v) is 8.65. The quantitative estimate of drug-likeness (QED) is 0.230. The fourth-order valence-electron chi connectivity index (χ4n) is 4.12. The summed E-state index contributed by atoms with van der Waals surface area (Å²) in [5, 5.41) is 1.84. The Labute approximate surface area is 194 Å². The number of carbonyl (C=O) groups is 2. The van der Waals surface area contributed by atoms with Crippen LogP contribution in [0.5, 0.6) is 5.75 Å². The van der Waals surface area contributed by atoms with Crippen molar-refractivity contribution in [3.63, 3.8) is 0 Å². The van der Waals surface area contributed by atoms with Gasteiger partial charge in [-0.15, -0.1) is 11.8 Å². The minimum atomic E-state index is -0.500. The number of carbonyl (C=O) groups excluding carboxylic acids is 2. The molecule has 6 heteroatoms. The standard InChI is InChI=1S/C27H19FO4S/c1-31-23-11-9-16(13-22(23)28)14-32-25(29)15-33-24-12-10-18-17-5-2-3-6-19(17)27(30)21-8-4-7-20(24)26(18)21/h2-13H,14-15H2,1H3. The van der Waals surface area contributed by atoms with Crippen molar-refractivity contribution in [3.8, 4) is 16.9 Å². The molecule has 0 atom stereocenters. The van der Waals surface area contributed by atoms with Gasteiger partial charge < -0.3 is 9.47 Å². The summed E-state index contributed by atoms with van der Waals surface area (Å²) >= 11 is 1.36. The SMILES string of the molecule is COc1ccc(COC(=O)CSc2ccc3c4c(cccc24)C(=O)c2ccccc2-3)cc1F. The number of halogens is 1.